The zero-order valence-electron chi connectivity index (χ0n) is 29.0. The van der Waals surface area contributed by atoms with Crippen LogP contribution in [0.3, 0.4) is 0 Å². The smallest absolute Gasteiger partial charge is 0.420 e. The van der Waals surface area contributed by atoms with Crippen molar-refractivity contribution in [3.8, 4) is 29.0 Å². The summed E-state index contributed by atoms with van der Waals surface area (Å²) >= 11 is 6.82. The minimum absolute atomic E-state index is 0.0221. The number of hydrogen-bond donors (Lipinski definition) is 2. The van der Waals surface area contributed by atoms with E-state index in [0.717, 1.165) is 25.1 Å². The third kappa shape index (κ3) is 6.67. The number of fused-ring (bicyclic) bond motifs is 2. The maximum absolute atomic E-state index is 16.8. The topological polar surface area (TPSA) is 139 Å². The second-order valence-electron chi connectivity index (χ2n) is 13.1. The Morgan fingerprint density at radius 1 is 1.16 bits per heavy atom. The maximum Gasteiger partial charge on any atom is 0.420 e. The van der Waals surface area contributed by atoms with E-state index in [2.05, 4.69) is 19.9 Å². The lowest BCUT2D eigenvalue weighted by molar-refractivity contribution is -0.138. The molecular weight excluding hydrogens is 777 g/mol. The lowest BCUT2D eigenvalue weighted by Crippen LogP contribution is -2.31. The second kappa shape index (κ2) is 14.5. The predicted octanol–water partition coefficient (Wildman–Crippen LogP) is 8.87. The summed E-state index contributed by atoms with van der Waals surface area (Å²) in [4.78, 5) is 16.2. The van der Waals surface area contributed by atoms with E-state index >= 15 is 17.6 Å². The average molecular weight is 807 g/mol. The summed E-state index contributed by atoms with van der Waals surface area (Å²) in [5, 5.41) is 9.25. The number of alkyl halides is 3. The molecule has 8 rings (SSSR count). The van der Waals surface area contributed by atoms with Gasteiger partial charge in [-0.3, -0.25) is 4.90 Å². The molecule has 0 spiro atoms. The number of pyridine rings is 1. The van der Waals surface area contributed by atoms with Gasteiger partial charge in [-0.1, -0.05) is 17.7 Å². The van der Waals surface area contributed by atoms with Gasteiger partial charge in [0.15, 0.2) is 5.82 Å². The van der Waals surface area contributed by atoms with E-state index in [1.807, 2.05) is 0 Å². The molecule has 10 nitrogen and oxygen atoms in total. The van der Waals surface area contributed by atoms with Crippen LogP contribution in [0.5, 0.6) is 11.8 Å². The second-order valence-corrected chi connectivity index (χ2v) is 14.6. The number of rotatable bonds is 4. The minimum Gasteiger partial charge on any atom is -0.490 e. The third-order valence-electron chi connectivity index (χ3n) is 9.99. The van der Waals surface area contributed by atoms with Crippen molar-refractivity contribution in [3.05, 3.63) is 69.4 Å². The van der Waals surface area contributed by atoms with Gasteiger partial charge in [-0.2, -0.15) is 37.2 Å². The Labute approximate surface area is 317 Å². The Morgan fingerprint density at radius 3 is 2.60 bits per heavy atom. The van der Waals surface area contributed by atoms with Gasteiger partial charge in [-0.25, -0.2) is 13.8 Å². The fourth-order valence-electron chi connectivity index (χ4n) is 7.50. The minimum atomic E-state index is -5.20. The first-order valence-electron chi connectivity index (χ1n) is 16.8. The molecule has 0 radical (unpaired) electrons. The van der Waals surface area contributed by atoms with Crippen LogP contribution in [0, 0.1) is 23.0 Å². The maximum atomic E-state index is 16.8. The number of nitriles is 1. The molecule has 2 saturated heterocycles. The molecule has 6 heterocycles. The van der Waals surface area contributed by atoms with E-state index in [-0.39, 0.29) is 61.9 Å². The summed E-state index contributed by atoms with van der Waals surface area (Å²) in [6, 6.07) is 4.62. The fourth-order valence-corrected chi connectivity index (χ4v) is 8.62. The molecule has 19 heteroatoms. The number of anilines is 3. The molecule has 2 aromatic carbocycles. The number of benzene rings is 2. The molecule has 3 aliphatic heterocycles. The van der Waals surface area contributed by atoms with Gasteiger partial charge in [-0.05, 0) is 50.4 Å². The number of nitrogen functional groups attached to an aromatic ring is 2. The van der Waals surface area contributed by atoms with Gasteiger partial charge in [-0.15, -0.1) is 11.3 Å². The SMILES string of the molecule is COc1nc2c3c(c(C(F)(F)F)c(-c4ccc(F)c5sc(N)c(C#N)c45)c(F)c3n1)OCCN2C(C)c1cc(Cl)cnc1N.FC(F)=C1CC2CCCN2C1. The molecule has 5 aromatic rings. The predicted molar refractivity (Wildman–Crippen MR) is 194 cm³/mol. The molecule has 0 amide bonds. The van der Waals surface area contributed by atoms with Crippen LogP contribution in [0.4, 0.5) is 47.4 Å². The van der Waals surface area contributed by atoms with E-state index in [0.29, 0.717) is 41.5 Å². The number of halogens is 8. The van der Waals surface area contributed by atoms with E-state index in [1.54, 1.807) is 24.0 Å². The first kappa shape index (κ1) is 38.2. The average Bonchev–Trinajstić information content (AvgIpc) is 3.82. The van der Waals surface area contributed by atoms with E-state index < -0.39 is 57.9 Å². The molecule has 0 aliphatic carbocycles. The van der Waals surface area contributed by atoms with Crippen LogP contribution in [0.25, 0.3) is 32.1 Å². The number of thiophene rings is 1. The van der Waals surface area contributed by atoms with Crippen molar-refractivity contribution in [1.82, 2.24) is 19.9 Å². The van der Waals surface area contributed by atoms with Crippen LogP contribution in [0.15, 0.2) is 36.0 Å². The number of ether oxygens (including phenoxy) is 2. The monoisotopic (exact) mass is 806 g/mol. The van der Waals surface area contributed by atoms with Gasteiger partial charge < -0.3 is 25.8 Å². The van der Waals surface area contributed by atoms with E-state index in [9.17, 15) is 18.4 Å². The third-order valence-corrected chi connectivity index (χ3v) is 11.2. The molecule has 0 bridgehead atoms. The van der Waals surface area contributed by atoms with Gasteiger partial charge >= 0.3 is 12.2 Å². The number of nitrogens with zero attached hydrogens (tertiary/aromatic N) is 6. The van der Waals surface area contributed by atoms with Crippen molar-refractivity contribution in [2.45, 2.75) is 44.4 Å². The summed E-state index contributed by atoms with van der Waals surface area (Å²) in [6.07, 6.45) is -2.39. The molecule has 0 saturated carbocycles. The Balaban J connectivity index is 0.000000360. The quantitative estimate of drug-likeness (QED) is 0.169. The largest absolute Gasteiger partial charge is 0.490 e. The van der Waals surface area contributed by atoms with Crippen LogP contribution in [0.1, 0.15) is 48.9 Å². The number of hydrogen-bond acceptors (Lipinski definition) is 11. The summed E-state index contributed by atoms with van der Waals surface area (Å²) in [5.74, 6) is -3.00. The van der Waals surface area contributed by atoms with Crippen molar-refractivity contribution in [3.63, 3.8) is 0 Å². The van der Waals surface area contributed by atoms with Crippen LogP contribution in [-0.2, 0) is 6.18 Å². The summed E-state index contributed by atoms with van der Waals surface area (Å²) in [5.41, 5.74) is 9.09. The van der Waals surface area contributed by atoms with Crippen molar-refractivity contribution >= 4 is 60.6 Å². The molecule has 2 atom stereocenters. The number of aromatic nitrogens is 3. The Bertz CT molecular complexity index is 2420. The first-order chi connectivity index (χ1) is 26.1. The van der Waals surface area contributed by atoms with E-state index in [4.69, 9.17) is 32.5 Å². The number of nitrogens with two attached hydrogens (primary N) is 2. The Hall–Kier alpha value is -5.12. The molecular formula is C36H30ClF7N8O2S. The van der Waals surface area contributed by atoms with Crippen LogP contribution < -0.4 is 25.8 Å². The van der Waals surface area contributed by atoms with Crippen molar-refractivity contribution in [2.75, 3.05) is 49.7 Å². The Kier molecular flexibility index (Phi) is 10.1. The van der Waals surface area contributed by atoms with Crippen LogP contribution >= 0.6 is 22.9 Å². The van der Waals surface area contributed by atoms with Crippen LogP contribution in [0.2, 0.25) is 5.02 Å². The molecule has 55 heavy (non-hydrogen) atoms. The van der Waals surface area contributed by atoms with Crippen LogP contribution in [-0.4, -0.2) is 59.2 Å². The molecule has 3 aromatic heterocycles. The van der Waals surface area contributed by atoms with E-state index in [1.165, 1.54) is 19.7 Å². The highest BCUT2D eigenvalue weighted by molar-refractivity contribution is 7.23. The van der Waals surface area contributed by atoms with Gasteiger partial charge in [0.2, 0.25) is 0 Å². The zero-order chi connectivity index (χ0) is 39.5. The zero-order valence-corrected chi connectivity index (χ0v) is 30.6. The summed E-state index contributed by atoms with van der Waals surface area (Å²) in [7, 11) is 1.22. The van der Waals surface area contributed by atoms with Crippen molar-refractivity contribution in [1.29, 1.82) is 5.26 Å². The highest BCUT2D eigenvalue weighted by Crippen LogP contribution is 2.54. The molecule has 3 aliphatic rings. The summed E-state index contributed by atoms with van der Waals surface area (Å²) in [6.45, 7) is 2.91. The normalized spacial score (nSPS) is 17.4. The lowest BCUT2D eigenvalue weighted by atomic mass is 9.91. The fraction of sp³-hybridized carbons (Fsp3) is 0.333. The first-order valence-corrected chi connectivity index (χ1v) is 18.0. The molecule has 288 valence electrons. The van der Waals surface area contributed by atoms with Gasteiger partial charge in [0.05, 0.1) is 40.4 Å². The van der Waals surface area contributed by atoms with Crippen molar-refractivity contribution in [2.24, 2.45) is 0 Å². The standard InChI is InChI=1S/C28H19ClF5N7O2S.C8H11F2N/c1-10(13-7-11(29)9-38-24(13)36)41-5-6-43-22-18-21(39-27(42-2)40-26(18)41)20(31)17(19(22)28(32,33)34)12-3-4-15(30)23-16(12)14(8-35)25(37)44-23;9-8(10)6-4-7-2-1-3-11(7)5-6/h3-4,7,9-10H,5-6,37H2,1-2H3,(H2,36,38);7H,1-5H2. The summed E-state index contributed by atoms with van der Waals surface area (Å²) < 4.78 is 112. The Morgan fingerprint density at radius 2 is 1.93 bits per heavy atom. The highest BCUT2D eigenvalue weighted by Gasteiger charge is 2.44. The molecule has 2 unspecified atom stereocenters. The van der Waals surface area contributed by atoms with Gasteiger partial charge in [0.1, 0.15) is 52.0 Å². The van der Waals surface area contributed by atoms with Gasteiger partial charge in [0.25, 0.3) is 6.08 Å². The highest BCUT2D eigenvalue weighted by atomic mass is 35.5. The molecule has 2 fully saturated rings. The van der Waals surface area contributed by atoms with Gasteiger partial charge in [0, 0.05) is 40.9 Å². The number of methoxy groups -OCH3 is 1. The lowest BCUT2D eigenvalue weighted by Gasteiger charge is -2.30. The van der Waals surface area contributed by atoms with Crippen molar-refractivity contribution < 1.29 is 40.2 Å². The molecule has 4 N–H and O–H groups in total.